The molecule has 0 radical (unpaired) electrons. The fourth-order valence-corrected chi connectivity index (χ4v) is 2.34. The normalized spacial score (nSPS) is 20.2. The Balaban J connectivity index is 1.83. The van der Waals surface area contributed by atoms with Crippen LogP contribution < -0.4 is 5.32 Å². The van der Waals surface area contributed by atoms with Crippen LogP contribution in [0.15, 0.2) is 4.52 Å². The summed E-state index contributed by atoms with van der Waals surface area (Å²) in [6.45, 7) is 4.49. The fourth-order valence-electron chi connectivity index (χ4n) is 2.34. The van der Waals surface area contributed by atoms with Gasteiger partial charge >= 0.3 is 0 Å². The van der Waals surface area contributed by atoms with Gasteiger partial charge in [-0.05, 0) is 52.9 Å². The Labute approximate surface area is 109 Å². The molecule has 5 heteroatoms. The average molecular weight is 252 g/mol. The van der Waals surface area contributed by atoms with Crippen molar-refractivity contribution in [2.45, 2.75) is 38.6 Å². The minimum atomic E-state index is 0.377. The predicted molar refractivity (Wildman–Crippen MR) is 70.4 cm³/mol. The number of hydrogen-bond acceptors (Lipinski definition) is 5. The van der Waals surface area contributed by atoms with E-state index in [0.717, 1.165) is 24.6 Å². The molecule has 0 spiro atoms. The van der Waals surface area contributed by atoms with Crippen molar-refractivity contribution in [3.05, 3.63) is 11.7 Å². The average Bonchev–Trinajstić information content (AvgIpc) is 2.79. The lowest BCUT2D eigenvalue weighted by atomic mass is 9.94. The van der Waals surface area contributed by atoms with Gasteiger partial charge in [0.05, 0.1) is 0 Å². The summed E-state index contributed by atoms with van der Waals surface area (Å²) in [6, 6.07) is 0.377. The third-order valence-electron chi connectivity index (χ3n) is 3.79. The molecule has 2 heterocycles. The molecule has 0 aliphatic carbocycles. The summed E-state index contributed by atoms with van der Waals surface area (Å²) in [5.41, 5.74) is 0. The standard InChI is InChI=1S/C13H24N4O/c1-10(14-2)8-13-15-12(16-18-13)9-11-4-6-17(3)7-5-11/h10-11,14H,4-9H2,1-3H3. The van der Waals surface area contributed by atoms with Crippen LogP contribution in [0.4, 0.5) is 0 Å². The third kappa shape index (κ3) is 3.78. The van der Waals surface area contributed by atoms with Gasteiger partial charge in [-0.15, -0.1) is 0 Å². The smallest absolute Gasteiger partial charge is 0.228 e. The van der Waals surface area contributed by atoms with Gasteiger partial charge < -0.3 is 14.7 Å². The fraction of sp³-hybridized carbons (Fsp3) is 0.846. The van der Waals surface area contributed by atoms with Crippen molar-refractivity contribution < 1.29 is 4.52 Å². The van der Waals surface area contributed by atoms with Crippen LogP contribution >= 0.6 is 0 Å². The van der Waals surface area contributed by atoms with Crippen molar-refractivity contribution in [2.24, 2.45) is 5.92 Å². The Morgan fingerprint density at radius 3 is 2.83 bits per heavy atom. The third-order valence-corrected chi connectivity index (χ3v) is 3.79. The summed E-state index contributed by atoms with van der Waals surface area (Å²) in [4.78, 5) is 6.86. The molecule has 0 aromatic carbocycles. The molecular formula is C13H24N4O. The van der Waals surface area contributed by atoms with Gasteiger partial charge in [0.25, 0.3) is 0 Å². The van der Waals surface area contributed by atoms with E-state index in [4.69, 9.17) is 4.52 Å². The van der Waals surface area contributed by atoms with Crippen LogP contribution in [-0.4, -0.2) is 48.3 Å². The molecule has 18 heavy (non-hydrogen) atoms. The molecule has 1 saturated heterocycles. The Morgan fingerprint density at radius 1 is 1.44 bits per heavy atom. The molecule has 0 amide bonds. The Hall–Kier alpha value is -0.940. The van der Waals surface area contributed by atoms with Crippen molar-refractivity contribution in [3.8, 4) is 0 Å². The molecule has 0 saturated carbocycles. The molecule has 1 unspecified atom stereocenters. The molecule has 1 aliphatic heterocycles. The van der Waals surface area contributed by atoms with Gasteiger partial charge in [0.2, 0.25) is 5.89 Å². The zero-order chi connectivity index (χ0) is 13.0. The highest BCUT2D eigenvalue weighted by atomic mass is 16.5. The first-order valence-corrected chi connectivity index (χ1v) is 6.84. The van der Waals surface area contributed by atoms with Gasteiger partial charge in [0, 0.05) is 18.9 Å². The van der Waals surface area contributed by atoms with Crippen LogP contribution in [0.5, 0.6) is 0 Å². The Bertz CT molecular complexity index is 358. The molecule has 2 rings (SSSR count). The SMILES string of the molecule is CNC(C)Cc1nc(CC2CCN(C)CC2)no1. The number of likely N-dealkylation sites (N-methyl/N-ethyl adjacent to an activating group) is 1. The minimum Gasteiger partial charge on any atom is -0.339 e. The van der Waals surface area contributed by atoms with Crippen LogP contribution in [0.25, 0.3) is 0 Å². The van der Waals surface area contributed by atoms with Crippen molar-refractivity contribution in [2.75, 3.05) is 27.2 Å². The van der Waals surface area contributed by atoms with E-state index in [-0.39, 0.29) is 0 Å². The van der Waals surface area contributed by atoms with Gasteiger partial charge in [-0.2, -0.15) is 4.98 Å². The second-order valence-corrected chi connectivity index (χ2v) is 5.45. The molecule has 1 aromatic heterocycles. The second-order valence-electron chi connectivity index (χ2n) is 5.45. The van der Waals surface area contributed by atoms with E-state index in [9.17, 15) is 0 Å². The van der Waals surface area contributed by atoms with Gasteiger partial charge in [0.15, 0.2) is 5.82 Å². The number of aromatic nitrogens is 2. The molecule has 102 valence electrons. The van der Waals surface area contributed by atoms with Gasteiger partial charge in [-0.25, -0.2) is 0 Å². The summed E-state index contributed by atoms with van der Waals surface area (Å²) < 4.78 is 5.29. The van der Waals surface area contributed by atoms with Gasteiger partial charge in [0.1, 0.15) is 0 Å². The van der Waals surface area contributed by atoms with Crippen molar-refractivity contribution in [1.82, 2.24) is 20.4 Å². The minimum absolute atomic E-state index is 0.377. The molecule has 0 bridgehead atoms. The van der Waals surface area contributed by atoms with E-state index in [1.54, 1.807) is 0 Å². The molecular weight excluding hydrogens is 228 g/mol. The monoisotopic (exact) mass is 252 g/mol. The Kier molecular flexibility index (Phi) is 4.72. The summed E-state index contributed by atoms with van der Waals surface area (Å²) in [7, 11) is 4.13. The number of rotatable bonds is 5. The Morgan fingerprint density at radius 2 is 2.17 bits per heavy atom. The van der Waals surface area contributed by atoms with E-state index >= 15 is 0 Å². The zero-order valence-corrected chi connectivity index (χ0v) is 11.6. The first kappa shape index (κ1) is 13.5. The summed E-state index contributed by atoms with van der Waals surface area (Å²) in [5.74, 6) is 2.34. The van der Waals surface area contributed by atoms with Crippen LogP contribution in [0.2, 0.25) is 0 Å². The highest BCUT2D eigenvalue weighted by Gasteiger charge is 2.19. The summed E-state index contributed by atoms with van der Waals surface area (Å²) >= 11 is 0. The van der Waals surface area contributed by atoms with Crippen LogP contribution in [-0.2, 0) is 12.8 Å². The lowest BCUT2D eigenvalue weighted by Crippen LogP contribution is -2.31. The van der Waals surface area contributed by atoms with Crippen LogP contribution in [0.1, 0.15) is 31.5 Å². The predicted octanol–water partition coefficient (Wildman–Crippen LogP) is 1.10. The van der Waals surface area contributed by atoms with E-state index < -0.39 is 0 Å². The summed E-state index contributed by atoms with van der Waals surface area (Å²) in [5, 5.41) is 7.26. The number of piperidine rings is 1. The lowest BCUT2D eigenvalue weighted by Gasteiger charge is -2.28. The number of likely N-dealkylation sites (tertiary alicyclic amines) is 1. The first-order valence-electron chi connectivity index (χ1n) is 6.84. The van der Waals surface area contributed by atoms with Crippen molar-refractivity contribution in [1.29, 1.82) is 0 Å². The highest BCUT2D eigenvalue weighted by Crippen LogP contribution is 2.19. The zero-order valence-electron chi connectivity index (χ0n) is 11.6. The maximum atomic E-state index is 5.29. The first-order chi connectivity index (χ1) is 8.67. The molecule has 1 fully saturated rings. The topological polar surface area (TPSA) is 54.2 Å². The van der Waals surface area contributed by atoms with Gasteiger partial charge in [-0.3, -0.25) is 0 Å². The second kappa shape index (κ2) is 6.29. The van der Waals surface area contributed by atoms with E-state index in [0.29, 0.717) is 12.0 Å². The lowest BCUT2D eigenvalue weighted by molar-refractivity contribution is 0.216. The molecule has 1 N–H and O–H groups in total. The van der Waals surface area contributed by atoms with E-state index in [1.165, 1.54) is 25.9 Å². The van der Waals surface area contributed by atoms with Crippen LogP contribution in [0, 0.1) is 5.92 Å². The maximum Gasteiger partial charge on any atom is 0.228 e. The van der Waals surface area contributed by atoms with Crippen molar-refractivity contribution >= 4 is 0 Å². The molecule has 5 nitrogen and oxygen atoms in total. The maximum absolute atomic E-state index is 5.29. The molecule has 1 atom stereocenters. The number of hydrogen-bond donors (Lipinski definition) is 1. The summed E-state index contributed by atoms with van der Waals surface area (Å²) in [6.07, 6.45) is 4.25. The quantitative estimate of drug-likeness (QED) is 0.850. The number of nitrogens with zero attached hydrogens (tertiary/aromatic N) is 3. The van der Waals surface area contributed by atoms with Crippen molar-refractivity contribution in [3.63, 3.8) is 0 Å². The molecule has 1 aromatic rings. The number of nitrogens with one attached hydrogen (secondary N) is 1. The van der Waals surface area contributed by atoms with Crippen LogP contribution in [0.3, 0.4) is 0 Å². The van der Waals surface area contributed by atoms with E-state index in [1.807, 2.05) is 7.05 Å². The largest absolute Gasteiger partial charge is 0.339 e. The van der Waals surface area contributed by atoms with E-state index in [2.05, 4.69) is 34.3 Å². The van der Waals surface area contributed by atoms with Gasteiger partial charge in [-0.1, -0.05) is 5.16 Å². The molecule has 1 aliphatic rings. The highest BCUT2D eigenvalue weighted by molar-refractivity contribution is 4.91.